The van der Waals surface area contributed by atoms with Crippen molar-refractivity contribution >= 4 is 18.3 Å². The zero-order valence-corrected chi connectivity index (χ0v) is 14.4. The second kappa shape index (κ2) is 7.99. The normalized spacial score (nSPS) is 10.8. The van der Waals surface area contributed by atoms with Gasteiger partial charge in [-0.15, -0.1) is 12.4 Å². The van der Waals surface area contributed by atoms with E-state index in [2.05, 4.69) is 10.4 Å². The van der Waals surface area contributed by atoms with Gasteiger partial charge in [0.25, 0.3) is 5.91 Å². The van der Waals surface area contributed by atoms with Crippen molar-refractivity contribution in [2.75, 3.05) is 13.7 Å². The summed E-state index contributed by atoms with van der Waals surface area (Å²) in [5, 5.41) is 7.01. The van der Waals surface area contributed by atoms with Crippen LogP contribution in [0.15, 0.2) is 36.7 Å². The Hall–Kier alpha value is -2.05. The Kier molecular flexibility index (Phi) is 6.60. The number of halogens is 1. The van der Waals surface area contributed by atoms with E-state index in [4.69, 9.17) is 10.5 Å². The van der Waals surface area contributed by atoms with E-state index in [0.29, 0.717) is 18.7 Å². The van der Waals surface area contributed by atoms with Gasteiger partial charge in [0.15, 0.2) is 0 Å². The number of methoxy groups -OCH3 is 1. The minimum Gasteiger partial charge on any atom is -0.497 e. The van der Waals surface area contributed by atoms with Crippen LogP contribution in [-0.4, -0.2) is 34.9 Å². The summed E-state index contributed by atoms with van der Waals surface area (Å²) in [6.45, 7) is 4.73. The second-order valence-corrected chi connectivity index (χ2v) is 5.95. The molecule has 0 aliphatic carbocycles. The van der Waals surface area contributed by atoms with Crippen molar-refractivity contribution in [1.82, 2.24) is 15.1 Å². The molecular formula is C16H23ClN4O2. The van der Waals surface area contributed by atoms with Gasteiger partial charge in [-0.3, -0.25) is 9.48 Å². The summed E-state index contributed by atoms with van der Waals surface area (Å²) in [5.74, 6) is 0.646. The number of nitrogens with one attached hydrogen (secondary N) is 1. The second-order valence-electron chi connectivity index (χ2n) is 5.95. The largest absolute Gasteiger partial charge is 0.497 e. The fourth-order valence-electron chi connectivity index (χ4n) is 1.90. The average Bonchev–Trinajstić information content (AvgIpc) is 2.93. The lowest BCUT2D eigenvalue weighted by molar-refractivity contribution is 0.0946. The Morgan fingerprint density at radius 2 is 2.00 bits per heavy atom. The lowest BCUT2D eigenvalue weighted by Crippen LogP contribution is -2.45. The van der Waals surface area contributed by atoms with E-state index < -0.39 is 5.54 Å². The van der Waals surface area contributed by atoms with Crippen LogP contribution >= 0.6 is 12.4 Å². The van der Waals surface area contributed by atoms with Crippen LogP contribution < -0.4 is 15.8 Å². The minimum absolute atomic E-state index is 0. The van der Waals surface area contributed by atoms with Gasteiger partial charge in [0.1, 0.15) is 5.75 Å². The minimum atomic E-state index is -0.436. The van der Waals surface area contributed by atoms with Crippen molar-refractivity contribution < 1.29 is 9.53 Å². The summed E-state index contributed by atoms with van der Waals surface area (Å²) in [6, 6.07) is 7.74. The van der Waals surface area contributed by atoms with Crippen molar-refractivity contribution in [2.24, 2.45) is 5.73 Å². The molecule has 1 heterocycles. The Bertz CT molecular complexity index is 632. The van der Waals surface area contributed by atoms with Gasteiger partial charge in [0.2, 0.25) is 0 Å². The molecule has 2 aromatic rings. The van der Waals surface area contributed by atoms with Crippen LogP contribution in [0.2, 0.25) is 0 Å². The first-order valence-corrected chi connectivity index (χ1v) is 7.10. The summed E-state index contributed by atoms with van der Waals surface area (Å²) < 4.78 is 6.85. The third-order valence-electron chi connectivity index (χ3n) is 3.10. The van der Waals surface area contributed by atoms with Crippen molar-refractivity contribution in [3.8, 4) is 5.75 Å². The highest BCUT2D eigenvalue weighted by Gasteiger charge is 2.14. The van der Waals surface area contributed by atoms with E-state index in [1.807, 2.05) is 38.1 Å². The summed E-state index contributed by atoms with van der Waals surface area (Å²) in [6.07, 6.45) is 3.28. The first kappa shape index (κ1) is 19.0. The van der Waals surface area contributed by atoms with E-state index in [1.54, 1.807) is 24.2 Å². The number of ether oxygens (including phenoxy) is 1. The summed E-state index contributed by atoms with van der Waals surface area (Å²) >= 11 is 0. The highest BCUT2D eigenvalue weighted by atomic mass is 35.5. The molecule has 23 heavy (non-hydrogen) atoms. The van der Waals surface area contributed by atoms with Crippen molar-refractivity contribution in [2.45, 2.75) is 25.9 Å². The summed E-state index contributed by atoms with van der Waals surface area (Å²) in [4.78, 5) is 12.0. The lowest BCUT2D eigenvalue weighted by atomic mass is 10.1. The molecule has 1 aromatic heterocycles. The molecule has 126 valence electrons. The maximum absolute atomic E-state index is 12.0. The number of carbonyl (C=O) groups is 1. The van der Waals surface area contributed by atoms with Gasteiger partial charge in [-0.25, -0.2) is 0 Å². The van der Waals surface area contributed by atoms with Crippen LogP contribution in [0.1, 0.15) is 29.8 Å². The summed E-state index contributed by atoms with van der Waals surface area (Å²) in [7, 11) is 1.63. The first-order chi connectivity index (χ1) is 10.4. The lowest BCUT2D eigenvalue weighted by Gasteiger charge is -2.18. The Morgan fingerprint density at radius 3 is 2.57 bits per heavy atom. The highest BCUT2D eigenvalue weighted by Crippen LogP contribution is 2.12. The van der Waals surface area contributed by atoms with E-state index in [0.717, 1.165) is 11.3 Å². The molecule has 0 bridgehead atoms. The zero-order chi connectivity index (χ0) is 16.2. The van der Waals surface area contributed by atoms with E-state index >= 15 is 0 Å². The number of amides is 1. The molecule has 0 saturated carbocycles. The van der Waals surface area contributed by atoms with Crippen LogP contribution in [-0.2, 0) is 6.54 Å². The van der Waals surface area contributed by atoms with Gasteiger partial charge in [0, 0.05) is 18.3 Å². The zero-order valence-electron chi connectivity index (χ0n) is 13.6. The molecule has 2 rings (SSSR count). The predicted octanol–water partition coefficient (Wildman–Crippen LogP) is 1.83. The topological polar surface area (TPSA) is 82.2 Å². The molecule has 7 heteroatoms. The maximum Gasteiger partial charge on any atom is 0.254 e. The van der Waals surface area contributed by atoms with Gasteiger partial charge in [-0.05, 0) is 31.5 Å². The number of carbonyl (C=O) groups excluding carboxylic acids is 1. The average molecular weight is 339 g/mol. The third-order valence-corrected chi connectivity index (χ3v) is 3.10. The Morgan fingerprint density at radius 1 is 1.35 bits per heavy atom. The van der Waals surface area contributed by atoms with E-state index in [-0.39, 0.29) is 18.3 Å². The van der Waals surface area contributed by atoms with Crippen LogP contribution in [0, 0.1) is 0 Å². The van der Waals surface area contributed by atoms with Crippen molar-refractivity contribution in [1.29, 1.82) is 0 Å². The smallest absolute Gasteiger partial charge is 0.254 e. The van der Waals surface area contributed by atoms with Crippen molar-refractivity contribution in [3.05, 3.63) is 47.8 Å². The molecule has 0 unspecified atom stereocenters. The fourth-order valence-corrected chi connectivity index (χ4v) is 1.90. The molecule has 0 aliphatic rings. The molecule has 6 nitrogen and oxygen atoms in total. The molecule has 0 atom stereocenters. The van der Waals surface area contributed by atoms with Gasteiger partial charge < -0.3 is 15.8 Å². The fraction of sp³-hybridized carbons (Fsp3) is 0.375. The van der Waals surface area contributed by atoms with Crippen LogP contribution in [0.25, 0.3) is 0 Å². The van der Waals surface area contributed by atoms with E-state index in [9.17, 15) is 4.79 Å². The molecule has 0 aliphatic heterocycles. The Labute approximate surface area is 142 Å². The van der Waals surface area contributed by atoms with E-state index in [1.165, 1.54) is 0 Å². The number of nitrogens with zero attached hydrogens (tertiary/aromatic N) is 2. The number of hydrogen-bond acceptors (Lipinski definition) is 4. The van der Waals surface area contributed by atoms with Gasteiger partial charge in [-0.2, -0.15) is 5.10 Å². The predicted molar refractivity (Wildman–Crippen MR) is 92.2 cm³/mol. The van der Waals surface area contributed by atoms with Crippen LogP contribution in [0.5, 0.6) is 5.75 Å². The van der Waals surface area contributed by atoms with Crippen LogP contribution in [0.4, 0.5) is 0 Å². The van der Waals surface area contributed by atoms with Gasteiger partial charge >= 0.3 is 0 Å². The molecule has 0 saturated heterocycles. The van der Waals surface area contributed by atoms with Crippen molar-refractivity contribution in [3.63, 3.8) is 0 Å². The van der Waals surface area contributed by atoms with Crippen LogP contribution in [0.3, 0.4) is 0 Å². The molecule has 1 amide bonds. The number of rotatable bonds is 6. The number of hydrogen-bond donors (Lipinski definition) is 2. The maximum atomic E-state index is 12.0. The molecule has 3 N–H and O–H groups in total. The monoisotopic (exact) mass is 338 g/mol. The molecule has 1 aromatic carbocycles. The number of nitrogens with two attached hydrogens (primary N) is 1. The first-order valence-electron chi connectivity index (χ1n) is 7.10. The molecule has 0 radical (unpaired) electrons. The molecule has 0 spiro atoms. The number of aromatic nitrogens is 2. The number of benzene rings is 1. The third kappa shape index (κ3) is 5.92. The quantitative estimate of drug-likeness (QED) is 0.841. The Balaban J connectivity index is 0.00000264. The van der Waals surface area contributed by atoms with Gasteiger partial charge in [-0.1, -0.05) is 12.1 Å². The SMILES string of the molecule is COc1ccc(Cn2cc(C(=O)NCC(C)(C)N)cn2)cc1.Cl. The highest BCUT2D eigenvalue weighted by molar-refractivity contribution is 5.93. The summed E-state index contributed by atoms with van der Waals surface area (Å²) in [5.41, 5.74) is 7.02. The standard InChI is InChI=1S/C16H22N4O2.ClH/c1-16(2,17)11-18-15(21)13-8-19-20(10-13)9-12-4-6-14(22-3)7-5-12;/h4-8,10H,9,11,17H2,1-3H3,(H,18,21);1H. The molecule has 0 fully saturated rings. The van der Waals surface area contributed by atoms with Gasteiger partial charge in [0.05, 0.1) is 25.4 Å². The molecular weight excluding hydrogens is 316 g/mol.